The molecule has 0 aromatic heterocycles. The largest absolute Gasteiger partial charge is 0.493 e. The van der Waals surface area contributed by atoms with Crippen molar-refractivity contribution in [1.82, 2.24) is 9.80 Å². The van der Waals surface area contributed by atoms with Gasteiger partial charge in [0.05, 0.1) is 12.7 Å². The Morgan fingerprint density at radius 2 is 1.68 bits per heavy atom. The van der Waals surface area contributed by atoms with E-state index in [1.807, 2.05) is 13.8 Å². The third-order valence-corrected chi connectivity index (χ3v) is 4.01. The molecule has 138 valence electrons. The lowest BCUT2D eigenvalue weighted by Crippen LogP contribution is -2.51. The van der Waals surface area contributed by atoms with Crippen LogP contribution in [0.3, 0.4) is 0 Å². The fourth-order valence-corrected chi connectivity index (χ4v) is 2.72. The van der Waals surface area contributed by atoms with Crippen LogP contribution >= 0.6 is 0 Å². The van der Waals surface area contributed by atoms with Crippen molar-refractivity contribution in [2.75, 3.05) is 33.3 Å². The number of rotatable bonds is 5. The Labute approximate surface area is 145 Å². The molecule has 0 unspecified atom stereocenters. The number of nitrogens with zero attached hydrogens (tertiary/aromatic N) is 2. The van der Waals surface area contributed by atoms with Gasteiger partial charge in [0.1, 0.15) is 0 Å². The Hall–Kier alpha value is -2.38. The van der Waals surface area contributed by atoms with Gasteiger partial charge in [0.25, 0.3) is 5.91 Å². The van der Waals surface area contributed by atoms with Crippen LogP contribution in [0.2, 0.25) is 0 Å². The highest BCUT2D eigenvalue weighted by atomic mass is 19.3. The van der Waals surface area contributed by atoms with Crippen LogP contribution in [0.1, 0.15) is 24.2 Å². The molecule has 0 bridgehead atoms. The molecule has 1 fully saturated rings. The summed E-state index contributed by atoms with van der Waals surface area (Å²) in [7, 11) is 1.32. The molecule has 1 aliphatic rings. The minimum atomic E-state index is -3.07. The number of carbonyl (C=O) groups is 2. The SMILES string of the molecule is COc1cccc(C(=O)N2CCN(C(=O)C(C)C)CC2)c1OC(F)F. The van der Waals surface area contributed by atoms with Crippen LogP contribution in [0.4, 0.5) is 8.78 Å². The zero-order valence-corrected chi connectivity index (χ0v) is 14.5. The van der Waals surface area contributed by atoms with Crippen molar-refractivity contribution in [2.45, 2.75) is 20.5 Å². The summed E-state index contributed by atoms with van der Waals surface area (Å²) in [4.78, 5) is 28.0. The van der Waals surface area contributed by atoms with Crippen LogP contribution in [0, 0.1) is 5.92 Å². The summed E-state index contributed by atoms with van der Waals surface area (Å²) in [6.45, 7) is 2.08. The van der Waals surface area contributed by atoms with Crippen molar-refractivity contribution in [3.8, 4) is 11.5 Å². The topological polar surface area (TPSA) is 59.1 Å². The molecule has 8 heteroatoms. The van der Waals surface area contributed by atoms with Gasteiger partial charge >= 0.3 is 6.61 Å². The van der Waals surface area contributed by atoms with Crippen molar-refractivity contribution >= 4 is 11.8 Å². The number of piperazine rings is 1. The van der Waals surface area contributed by atoms with Crippen LogP contribution in [0.15, 0.2) is 18.2 Å². The second-order valence-electron chi connectivity index (χ2n) is 5.99. The third-order valence-electron chi connectivity index (χ3n) is 4.01. The molecule has 25 heavy (non-hydrogen) atoms. The van der Waals surface area contributed by atoms with Crippen LogP contribution in [-0.2, 0) is 4.79 Å². The zero-order chi connectivity index (χ0) is 18.6. The van der Waals surface area contributed by atoms with E-state index < -0.39 is 12.5 Å². The van der Waals surface area contributed by atoms with Gasteiger partial charge in [-0.25, -0.2) is 0 Å². The highest BCUT2D eigenvalue weighted by molar-refractivity contribution is 5.98. The molecule has 1 heterocycles. The molecular formula is C17H22F2N2O4. The normalized spacial score (nSPS) is 14.8. The summed E-state index contributed by atoms with van der Waals surface area (Å²) in [6, 6.07) is 4.42. The van der Waals surface area contributed by atoms with Crippen LogP contribution in [-0.4, -0.2) is 61.5 Å². The van der Waals surface area contributed by atoms with Crippen molar-refractivity contribution in [3.05, 3.63) is 23.8 Å². The monoisotopic (exact) mass is 356 g/mol. The molecule has 6 nitrogen and oxygen atoms in total. The van der Waals surface area contributed by atoms with Gasteiger partial charge in [-0.1, -0.05) is 19.9 Å². The second-order valence-corrected chi connectivity index (χ2v) is 5.99. The van der Waals surface area contributed by atoms with E-state index >= 15 is 0 Å². The Morgan fingerprint density at radius 1 is 1.08 bits per heavy atom. The Morgan fingerprint density at radius 3 is 2.20 bits per heavy atom. The average molecular weight is 356 g/mol. The quantitative estimate of drug-likeness (QED) is 0.812. The van der Waals surface area contributed by atoms with E-state index in [2.05, 4.69) is 4.74 Å². The van der Waals surface area contributed by atoms with E-state index in [1.54, 1.807) is 11.0 Å². The first-order chi connectivity index (χ1) is 11.8. The molecule has 2 amide bonds. The molecule has 1 saturated heterocycles. The highest BCUT2D eigenvalue weighted by Crippen LogP contribution is 2.33. The minimum absolute atomic E-state index is 0.0169. The minimum Gasteiger partial charge on any atom is -0.493 e. The number of methoxy groups -OCH3 is 1. The van der Waals surface area contributed by atoms with Gasteiger partial charge in [-0.15, -0.1) is 0 Å². The van der Waals surface area contributed by atoms with E-state index in [0.29, 0.717) is 26.2 Å². The lowest BCUT2D eigenvalue weighted by Gasteiger charge is -2.35. The van der Waals surface area contributed by atoms with Crippen LogP contribution < -0.4 is 9.47 Å². The fourth-order valence-electron chi connectivity index (χ4n) is 2.72. The molecule has 0 spiro atoms. The molecule has 0 saturated carbocycles. The van der Waals surface area contributed by atoms with Crippen LogP contribution in [0.25, 0.3) is 0 Å². The summed E-state index contributed by atoms with van der Waals surface area (Å²) < 4.78 is 34.9. The Kier molecular flexibility index (Phi) is 6.17. The maximum atomic E-state index is 12.7. The second kappa shape index (κ2) is 8.13. The number of halogens is 2. The number of hydrogen-bond donors (Lipinski definition) is 0. The maximum absolute atomic E-state index is 12.7. The van der Waals surface area contributed by atoms with E-state index in [4.69, 9.17) is 4.74 Å². The Balaban J connectivity index is 2.15. The standard InChI is InChI=1S/C17H22F2N2O4/c1-11(2)15(22)20-7-9-21(10-8-20)16(23)12-5-4-6-13(24-3)14(12)25-17(18)19/h4-6,11,17H,7-10H2,1-3H3. The van der Waals surface area contributed by atoms with Gasteiger partial charge < -0.3 is 19.3 Å². The lowest BCUT2D eigenvalue weighted by atomic mass is 10.1. The van der Waals surface area contributed by atoms with E-state index in [0.717, 1.165) is 0 Å². The van der Waals surface area contributed by atoms with Crippen molar-refractivity contribution in [2.24, 2.45) is 5.92 Å². The first-order valence-electron chi connectivity index (χ1n) is 8.05. The van der Waals surface area contributed by atoms with Crippen molar-refractivity contribution in [1.29, 1.82) is 0 Å². The summed E-state index contributed by atoms with van der Waals surface area (Å²) in [6.07, 6.45) is 0. The summed E-state index contributed by atoms with van der Waals surface area (Å²) >= 11 is 0. The first kappa shape index (κ1) is 19.0. The molecule has 0 aliphatic carbocycles. The lowest BCUT2D eigenvalue weighted by molar-refractivity contribution is -0.135. The highest BCUT2D eigenvalue weighted by Gasteiger charge is 2.29. The van der Waals surface area contributed by atoms with Gasteiger partial charge in [0.2, 0.25) is 5.91 Å². The van der Waals surface area contributed by atoms with Crippen LogP contribution in [0.5, 0.6) is 11.5 Å². The average Bonchev–Trinajstić information content (AvgIpc) is 2.60. The number of carbonyl (C=O) groups excluding carboxylic acids is 2. The molecule has 1 aliphatic heterocycles. The van der Waals surface area contributed by atoms with E-state index in [-0.39, 0.29) is 28.9 Å². The predicted octanol–water partition coefficient (Wildman–Crippen LogP) is 2.24. The molecular weight excluding hydrogens is 334 g/mol. The summed E-state index contributed by atoms with van der Waals surface area (Å²) in [5, 5.41) is 0. The van der Waals surface area contributed by atoms with Gasteiger partial charge in [-0.3, -0.25) is 9.59 Å². The molecule has 1 aromatic rings. The summed E-state index contributed by atoms with van der Waals surface area (Å²) in [5.74, 6) is -0.696. The van der Waals surface area contributed by atoms with Crippen molar-refractivity contribution < 1.29 is 27.8 Å². The number of para-hydroxylation sites is 1. The Bertz CT molecular complexity index is 629. The number of hydrogen-bond acceptors (Lipinski definition) is 4. The zero-order valence-electron chi connectivity index (χ0n) is 14.5. The first-order valence-corrected chi connectivity index (χ1v) is 8.05. The van der Waals surface area contributed by atoms with Crippen molar-refractivity contribution in [3.63, 3.8) is 0 Å². The van der Waals surface area contributed by atoms with Gasteiger partial charge in [-0.2, -0.15) is 8.78 Å². The number of amides is 2. The molecule has 1 aromatic carbocycles. The summed E-state index contributed by atoms with van der Waals surface area (Å²) in [5.41, 5.74) is 0.0169. The number of ether oxygens (including phenoxy) is 2. The molecule has 0 radical (unpaired) electrons. The third kappa shape index (κ3) is 4.37. The van der Waals surface area contributed by atoms with E-state index in [1.165, 1.54) is 24.1 Å². The maximum Gasteiger partial charge on any atom is 0.387 e. The number of benzene rings is 1. The van der Waals surface area contributed by atoms with Gasteiger partial charge in [0, 0.05) is 32.1 Å². The smallest absolute Gasteiger partial charge is 0.387 e. The van der Waals surface area contributed by atoms with Gasteiger partial charge in [-0.05, 0) is 12.1 Å². The predicted molar refractivity (Wildman–Crippen MR) is 86.9 cm³/mol. The van der Waals surface area contributed by atoms with Gasteiger partial charge in [0.15, 0.2) is 11.5 Å². The molecule has 0 atom stereocenters. The van der Waals surface area contributed by atoms with E-state index in [9.17, 15) is 18.4 Å². The number of alkyl halides is 2. The fraction of sp³-hybridized carbons (Fsp3) is 0.529. The molecule has 0 N–H and O–H groups in total. The molecule has 2 rings (SSSR count).